The van der Waals surface area contributed by atoms with Gasteiger partial charge in [0, 0.05) is 18.8 Å². The lowest BCUT2D eigenvalue weighted by Gasteiger charge is -2.06. The smallest absolute Gasteiger partial charge is 0.350 e. The number of aryl methyl sites for hydroxylation is 2. The summed E-state index contributed by atoms with van der Waals surface area (Å²) in [5, 5.41) is 9.69. The maximum atomic E-state index is 13.9. The largest absolute Gasteiger partial charge is 0.445 e. The van der Waals surface area contributed by atoms with Gasteiger partial charge in [-0.15, -0.1) is 0 Å². The molecule has 0 spiro atoms. The minimum atomic E-state index is -0.717. The van der Waals surface area contributed by atoms with Crippen molar-refractivity contribution in [3.8, 4) is 27.2 Å². The summed E-state index contributed by atoms with van der Waals surface area (Å²) in [6.45, 7) is 1.60. The highest BCUT2D eigenvalue weighted by molar-refractivity contribution is 7.16. The standard InChI is InChI=1S/C23H18F2N6O2S/c1-14-22(34-21(28-14)20-10-11-26-29(20)2)33-16-8-6-15(7-9-16)31-23(32)30(13-27-31)12-17-18(24)4-3-5-19(17)25/h3-11,13H,12H2,1-2H3. The highest BCUT2D eigenvalue weighted by Gasteiger charge is 2.15. The molecule has 34 heavy (non-hydrogen) atoms. The molecule has 0 fully saturated rings. The van der Waals surface area contributed by atoms with E-state index in [9.17, 15) is 13.6 Å². The molecule has 172 valence electrons. The van der Waals surface area contributed by atoms with Crippen LogP contribution in [0.3, 0.4) is 0 Å². The van der Waals surface area contributed by atoms with E-state index >= 15 is 0 Å². The number of hydrogen-bond acceptors (Lipinski definition) is 6. The molecule has 0 N–H and O–H groups in total. The Hall–Kier alpha value is -4.12. The predicted molar refractivity (Wildman–Crippen MR) is 122 cm³/mol. The quantitative estimate of drug-likeness (QED) is 0.362. The van der Waals surface area contributed by atoms with Crippen LogP contribution in [-0.4, -0.2) is 29.1 Å². The number of thiazole rings is 1. The van der Waals surface area contributed by atoms with Crippen molar-refractivity contribution in [1.82, 2.24) is 29.1 Å². The molecule has 0 saturated carbocycles. The van der Waals surface area contributed by atoms with Gasteiger partial charge >= 0.3 is 5.69 Å². The van der Waals surface area contributed by atoms with E-state index < -0.39 is 17.3 Å². The van der Waals surface area contributed by atoms with E-state index in [1.807, 2.05) is 20.0 Å². The first-order valence-electron chi connectivity index (χ1n) is 10.2. The van der Waals surface area contributed by atoms with Crippen LogP contribution in [0.4, 0.5) is 8.78 Å². The summed E-state index contributed by atoms with van der Waals surface area (Å²) < 4.78 is 37.9. The maximum absolute atomic E-state index is 13.9. The van der Waals surface area contributed by atoms with Crippen LogP contribution in [0.2, 0.25) is 0 Å². The molecule has 0 aliphatic carbocycles. The third-order valence-corrected chi connectivity index (χ3v) is 6.27. The highest BCUT2D eigenvalue weighted by Crippen LogP contribution is 2.36. The Kier molecular flexibility index (Phi) is 5.54. The van der Waals surface area contributed by atoms with Crippen molar-refractivity contribution in [2.45, 2.75) is 13.5 Å². The zero-order chi connectivity index (χ0) is 23.8. The molecule has 3 heterocycles. The minimum Gasteiger partial charge on any atom is -0.445 e. The summed E-state index contributed by atoms with van der Waals surface area (Å²) in [4.78, 5) is 17.3. The van der Waals surface area contributed by atoms with Crippen molar-refractivity contribution >= 4 is 11.3 Å². The van der Waals surface area contributed by atoms with Gasteiger partial charge in [0.1, 0.15) is 28.7 Å². The average Bonchev–Trinajstić information content (AvgIpc) is 3.51. The Labute approximate surface area is 196 Å². The van der Waals surface area contributed by atoms with E-state index in [4.69, 9.17) is 4.74 Å². The Morgan fingerprint density at radius 1 is 1.03 bits per heavy atom. The van der Waals surface area contributed by atoms with Crippen LogP contribution < -0.4 is 10.4 Å². The first kappa shape index (κ1) is 21.7. The Bertz CT molecular complexity index is 1510. The molecule has 0 saturated heterocycles. The molecular formula is C23H18F2N6O2S. The highest BCUT2D eigenvalue weighted by atomic mass is 32.1. The summed E-state index contributed by atoms with van der Waals surface area (Å²) in [6.07, 6.45) is 2.96. The third kappa shape index (κ3) is 4.01. The van der Waals surface area contributed by atoms with Gasteiger partial charge in [-0.3, -0.25) is 9.25 Å². The van der Waals surface area contributed by atoms with Crippen molar-refractivity contribution in [3.63, 3.8) is 0 Å². The minimum absolute atomic E-state index is 0.196. The number of halogens is 2. The van der Waals surface area contributed by atoms with Crippen molar-refractivity contribution in [3.05, 3.63) is 94.4 Å². The number of aromatic nitrogens is 6. The fourth-order valence-electron chi connectivity index (χ4n) is 3.41. The number of benzene rings is 2. The summed E-state index contributed by atoms with van der Waals surface area (Å²) >= 11 is 1.41. The molecule has 0 radical (unpaired) electrons. The van der Waals surface area contributed by atoms with Gasteiger partial charge in [-0.25, -0.2) is 18.6 Å². The summed E-state index contributed by atoms with van der Waals surface area (Å²) in [5.41, 5.74) is 1.42. The van der Waals surface area contributed by atoms with Gasteiger partial charge in [-0.05, 0) is 49.4 Å². The molecular weight excluding hydrogens is 462 g/mol. The number of rotatable bonds is 6. The van der Waals surface area contributed by atoms with E-state index in [1.54, 1.807) is 35.1 Å². The Morgan fingerprint density at radius 2 is 1.76 bits per heavy atom. The Morgan fingerprint density at radius 3 is 2.44 bits per heavy atom. The SMILES string of the molecule is Cc1nc(-c2ccnn2C)sc1Oc1ccc(-n2ncn(Cc3c(F)cccc3F)c2=O)cc1. The van der Waals surface area contributed by atoms with Crippen LogP contribution in [-0.2, 0) is 13.6 Å². The lowest BCUT2D eigenvalue weighted by atomic mass is 10.2. The first-order chi connectivity index (χ1) is 16.4. The third-order valence-electron chi connectivity index (χ3n) is 5.21. The van der Waals surface area contributed by atoms with Crippen molar-refractivity contribution in [1.29, 1.82) is 0 Å². The molecule has 2 aromatic carbocycles. The maximum Gasteiger partial charge on any atom is 0.350 e. The van der Waals surface area contributed by atoms with Crippen LogP contribution in [0.1, 0.15) is 11.3 Å². The monoisotopic (exact) mass is 480 g/mol. The van der Waals surface area contributed by atoms with Crippen LogP contribution in [0, 0.1) is 18.6 Å². The molecule has 0 bridgehead atoms. The Balaban J connectivity index is 1.35. The molecule has 3 aromatic heterocycles. The van der Waals surface area contributed by atoms with E-state index in [0.29, 0.717) is 16.5 Å². The molecule has 5 aromatic rings. The van der Waals surface area contributed by atoms with E-state index in [1.165, 1.54) is 23.7 Å². The molecule has 0 aliphatic rings. The van der Waals surface area contributed by atoms with Crippen LogP contribution >= 0.6 is 11.3 Å². The first-order valence-corrected chi connectivity index (χ1v) is 11.0. The van der Waals surface area contributed by atoms with Crippen LogP contribution in [0.5, 0.6) is 10.8 Å². The fourth-order valence-corrected chi connectivity index (χ4v) is 4.40. The second kappa shape index (κ2) is 8.67. The normalized spacial score (nSPS) is 11.2. The van der Waals surface area contributed by atoms with Gasteiger partial charge in [0.15, 0.2) is 0 Å². The summed E-state index contributed by atoms with van der Waals surface area (Å²) in [7, 11) is 1.85. The second-order valence-electron chi connectivity index (χ2n) is 7.48. The fraction of sp³-hybridized carbons (Fsp3) is 0.130. The van der Waals surface area contributed by atoms with E-state index in [-0.39, 0.29) is 12.1 Å². The van der Waals surface area contributed by atoms with E-state index in [2.05, 4.69) is 15.2 Å². The van der Waals surface area contributed by atoms with E-state index in [0.717, 1.165) is 37.8 Å². The van der Waals surface area contributed by atoms with Gasteiger partial charge < -0.3 is 4.74 Å². The van der Waals surface area contributed by atoms with Gasteiger partial charge in [0.05, 0.1) is 23.6 Å². The zero-order valence-corrected chi connectivity index (χ0v) is 19.0. The molecule has 8 nitrogen and oxygen atoms in total. The van der Waals surface area contributed by atoms with Crippen molar-refractivity contribution < 1.29 is 13.5 Å². The van der Waals surface area contributed by atoms with Gasteiger partial charge in [0.2, 0.25) is 5.06 Å². The van der Waals surface area contributed by atoms with Gasteiger partial charge in [0.25, 0.3) is 0 Å². The molecule has 0 aliphatic heterocycles. The molecule has 0 amide bonds. The van der Waals surface area contributed by atoms with Gasteiger partial charge in [-0.1, -0.05) is 17.4 Å². The van der Waals surface area contributed by atoms with Crippen LogP contribution in [0.25, 0.3) is 16.4 Å². The molecule has 0 atom stereocenters. The predicted octanol–water partition coefficient (Wildman–Crippen LogP) is 4.32. The molecule has 5 rings (SSSR count). The van der Waals surface area contributed by atoms with Crippen molar-refractivity contribution in [2.24, 2.45) is 7.05 Å². The molecule has 11 heteroatoms. The number of ether oxygens (including phenoxy) is 1. The molecule has 0 unspecified atom stereocenters. The average molecular weight is 481 g/mol. The zero-order valence-electron chi connectivity index (χ0n) is 18.1. The van der Waals surface area contributed by atoms with Crippen LogP contribution in [0.15, 0.2) is 65.8 Å². The van der Waals surface area contributed by atoms with Crippen molar-refractivity contribution in [2.75, 3.05) is 0 Å². The summed E-state index contributed by atoms with van der Waals surface area (Å²) in [5.74, 6) is -0.870. The van der Waals surface area contributed by atoms with Gasteiger partial charge in [-0.2, -0.15) is 14.9 Å². The number of nitrogens with zero attached hydrogens (tertiary/aromatic N) is 6. The lowest BCUT2D eigenvalue weighted by Crippen LogP contribution is -2.24. The number of hydrogen-bond donors (Lipinski definition) is 0. The summed E-state index contributed by atoms with van der Waals surface area (Å²) in [6, 6.07) is 12.2. The second-order valence-corrected chi connectivity index (χ2v) is 8.44. The topological polar surface area (TPSA) is 79.8 Å². The lowest BCUT2D eigenvalue weighted by molar-refractivity contribution is 0.491.